The zero-order valence-corrected chi connectivity index (χ0v) is 18.9. The number of carbonyl (C=O) groups excluding carboxylic acids is 1. The van der Waals surface area contributed by atoms with Crippen LogP contribution in [0.2, 0.25) is 0 Å². The van der Waals surface area contributed by atoms with Crippen molar-refractivity contribution in [1.29, 1.82) is 0 Å². The Morgan fingerprint density at radius 1 is 0.970 bits per heavy atom. The monoisotopic (exact) mass is 462 g/mol. The van der Waals surface area contributed by atoms with Gasteiger partial charge < -0.3 is 9.47 Å². The molecule has 8 heteroatoms. The summed E-state index contributed by atoms with van der Waals surface area (Å²) in [4.78, 5) is 16.5. The third-order valence-corrected chi connectivity index (χ3v) is 6.39. The van der Waals surface area contributed by atoms with Crippen LogP contribution in [0.25, 0.3) is 22.2 Å². The number of fused-ring (bicyclic) bond motifs is 1. The molecule has 0 spiro atoms. The molecule has 0 aliphatic heterocycles. The van der Waals surface area contributed by atoms with Crippen LogP contribution in [0.1, 0.15) is 5.56 Å². The van der Waals surface area contributed by atoms with Gasteiger partial charge in [0.05, 0.1) is 23.2 Å². The van der Waals surface area contributed by atoms with E-state index in [0.29, 0.717) is 28.0 Å². The van der Waals surface area contributed by atoms with Crippen molar-refractivity contribution in [3.8, 4) is 17.0 Å². The molecule has 0 amide bonds. The number of pyridine rings is 1. The maximum Gasteiger partial charge on any atom is 0.343 e. The Bertz CT molecular complexity index is 1400. The van der Waals surface area contributed by atoms with Gasteiger partial charge in [-0.3, -0.25) is 4.72 Å². The van der Waals surface area contributed by atoms with Crippen LogP contribution in [0, 0.1) is 6.92 Å². The molecule has 0 atom stereocenters. The van der Waals surface area contributed by atoms with Gasteiger partial charge in [0, 0.05) is 22.7 Å². The fourth-order valence-electron chi connectivity index (χ4n) is 3.26. The average Bonchev–Trinajstić information content (AvgIpc) is 2.82. The van der Waals surface area contributed by atoms with Crippen LogP contribution in [0.15, 0.2) is 83.8 Å². The highest BCUT2D eigenvalue weighted by atomic mass is 32.2. The van der Waals surface area contributed by atoms with Crippen LogP contribution < -0.4 is 9.46 Å². The SMILES string of the molecule is COC(=O)COc1cc(-c2ccccc2)nc2ccc(NS(=O)(=O)c3ccc(C)cc3)cc12. The molecule has 1 aromatic heterocycles. The van der Waals surface area contributed by atoms with Gasteiger partial charge in [-0.25, -0.2) is 18.2 Å². The third-order valence-electron chi connectivity index (χ3n) is 5.00. The van der Waals surface area contributed by atoms with Gasteiger partial charge in [-0.2, -0.15) is 0 Å². The number of hydrogen-bond acceptors (Lipinski definition) is 6. The van der Waals surface area contributed by atoms with E-state index in [1.165, 1.54) is 7.11 Å². The number of esters is 1. The van der Waals surface area contributed by atoms with E-state index in [1.54, 1.807) is 48.5 Å². The van der Waals surface area contributed by atoms with Crippen LogP contribution in [-0.2, 0) is 19.6 Å². The molecule has 1 heterocycles. The molecular weight excluding hydrogens is 440 g/mol. The molecule has 0 unspecified atom stereocenters. The van der Waals surface area contributed by atoms with Gasteiger partial charge in [0.15, 0.2) is 6.61 Å². The van der Waals surface area contributed by atoms with E-state index in [0.717, 1.165) is 11.1 Å². The molecule has 0 bridgehead atoms. The number of hydrogen-bond donors (Lipinski definition) is 1. The third kappa shape index (κ3) is 5.12. The number of aromatic nitrogens is 1. The summed E-state index contributed by atoms with van der Waals surface area (Å²) in [6.07, 6.45) is 0. The number of ether oxygens (including phenoxy) is 2. The van der Waals surface area contributed by atoms with Crippen molar-refractivity contribution >= 4 is 32.6 Å². The number of methoxy groups -OCH3 is 1. The zero-order chi connectivity index (χ0) is 23.4. The number of carbonyl (C=O) groups is 1. The second kappa shape index (κ2) is 9.30. The lowest BCUT2D eigenvalue weighted by molar-refractivity contribution is -0.142. The van der Waals surface area contributed by atoms with Gasteiger partial charge in [-0.05, 0) is 37.3 Å². The van der Waals surface area contributed by atoms with Gasteiger partial charge in [0.2, 0.25) is 0 Å². The molecule has 0 fully saturated rings. The summed E-state index contributed by atoms with van der Waals surface area (Å²) < 4.78 is 38.6. The quantitative estimate of drug-likeness (QED) is 0.405. The molecule has 0 aliphatic carbocycles. The van der Waals surface area contributed by atoms with Crippen molar-refractivity contribution in [2.45, 2.75) is 11.8 Å². The van der Waals surface area contributed by atoms with Crippen molar-refractivity contribution in [1.82, 2.24) is 4.98 Å². The van der Waals surface area contributed by atoms with Crippen molar-refractivity contribution in [3.63, 3.8) is 0 Å². The Kier molecular flexibility index (Phi) is 6.28. The molecule has 7 nitrogen and oxygen atoms in total. The van der Waals surface area contributed by atoms with Gasteiger partial charge in [0.1, 0.15) is 5.75 Å². The molecule has 4 rings (SSSR count). The first-order valence-electron chi connectivity index (χ1n) is 10.1. The summed E-state index contributed by atoms with van der Waals surface area (Å²) in [7, 11) is -2.50. The Morgan fingerprint density at radius 2 is 1.70 bits per heavy atom. The summed E-state index contributed by atoms with van der Waals surface area (Å²) in [5.41, 5.74) is 3.45. The van der Waals surface area contributed by atoms with E-state index in [2.05, 4.69) is 14.4 Å². The van der Waals surface area contributed by atoms with Crippen molar-refractivity contribution < 1.29 is 22.7 Å². The molecular formula is C25H22N2O5S. The topological polar surface area (TPSA) is 94.6 Å². The first-order valence-corrected chi connectivity index (χ1v) is 11.6. The molecule has 0 radical (unpaired) electrons. The van der Waals surface area contributed by atoms with Crippen LogP contribution >= 0.6 is 0 Å². The van der Waals surface area contributed by atoms with E-state index in [1.807, 2.05) is 37.3 Å². The predicted octanol–water partition coefficient (Wildman–Crippen LogP) is 4.56. The summed E-state index contributed by atoms with van der Waals surface area (Å²) in [5.74, 6) is -0.141. The fourth-order valence-corrected chi connectivity index (χ4v) is 4.31. The normalized spacial score (nSPS) is 11.2. The lowest BCUT2D eigenvalue weighted by atomic mass is 10.1. The smallest absolute Gasteiger partial charge is 0.343 e. The second-order valence-corrected chi connectivity index (χ2v) is 9.07. The number of nitrogens with zero attached hydrogens (tertiary/aromatic N) is 1. The molecule has 1 N–H and O–H groups in total. The standard InChI is InChI=1S/C25H22N2O5S/c1-17-8-11-20(12-9-17)33(29,30)27-19-10-13-22-21(14-19)24(32-16-25(28)31-2)15-23(26-22)18-6-4-3-5-7-18/h3-15,27H,16H2,1-2H3. The van der Waals surface area contributed by atoms with Crippen LogP contribution in [0.5, 0.6) is 5.75 Å². The van der Waals surface area contributed by atoms with E-state index >= 15 is 0 Å². The van der Waals surface area contributed by atoms with Crippen molar-refractivity contribution in [3.05, 3.63) is 84.4 Å². The first kappa shape index (κ1) is 22.3. The van der Waals surface area contributed by atoms with Gasteiger partial charge >= 0.3 is 5.97 Å². The lowest BCUT2D eigenvalue weighted by Gasteiger charge is -2.13. The predicted molar refractivity (Wildman–Crippen MR) is 127 cm³/mol. The van der Waals surface area contributed by atoms with Crippen LogP contribution in [0.3, 0.4) is 0 Å². The van der Waals surface area contributed by atoms with E-state index < -0.39 is 16.0 Å². The summed E-state index contributed by atoms with van der Waals surface area (Å²) in [5, 5.41) is 0.558. The highest BCUT2D eigenvalue weighted by Gasteiger charge is 2.16. The average molecular weight is 463 g/mol. The molecule has 0 saturated heterocycles. The first-order chi connectivity index (χ1) is 15.9. The largest absolute Gasteiger partial charge is 0.481 e. The maximum absolute atomic E-state index is 12.8. The van der Waals surface area contributed by atoms with Crippen molar-refractivity contribution in [2.24, 2.45) is 0 Å². The van der Waals surface area contributed by atoms with Gasteiger partial charge in [-0.15, -0.1) is 0 Å². The van der Waals surface area contributed by atoms with E-state index in [9.17, 15) is 13.2 Å². The minimum absolute atomic E-state index is 0.160. The van der Waals surface area contributed by atoms with Crippen LogP contribution in [0.4, 0.5) is 5.69 Å². The van der Waals surface area contributed by atoms with Gasteiger partial charge in [-0.1, -0.05) is 48.0 Å². The minimum Gasteiger partial charge on any atom is -0.481 e. The molecule has 3 aromatic carbocycles. The van der Waals surface area contributed by atoms with E-state index in [-0.39, 0.29) is 11.5 Å². The van der Waals surface area contributed by atoms with Crippen LogP contribution in [-0.4, -0.2) is 33.1 Å². The minimum atomic E-state index is -3.78. The lowest BCUT2D eigenvalue weighted by Crippen LogP contribution is -2.14. The number of anilines is 1. The number of sulfonamides is 1. The number of aryl methyl sites for hydroxylation is 1. The molecule has 4 aromatic rings. The number of rotatable bonds is 7. The Morgan fingerprint density at radius 3 is 2.39 bits per heavy atom. The second-order valence-electron chi connectivity index (χ2n) is 7.39. The molecule has 168 valence electrons. The fraction of sp³-hybridized carbons (Fsp3) is 0.120. The molecule has 0 saturated carbocycles. The zero-order valence-electron chi connectivity index (χ0n) is 18.1. The highest BCUT2D eigenvalue weighted by Crippen LogP contribution is 2.32. The Labute approximate surface area is 192 Å². The summed E-state index contributed by atoms with van der Waals surface area (Å²) in [6.45, 7) is 1.60. The number of benzene rings is 3. The molecule has 33 heavy (non-hydrogen) atoms. The van der Waals surface area contributed by atoms with Crippen molar-refractivity contribution in [2.75, 3.05) is 18.4 Å². The highest BCUT2D eigenvalue weighted by molar-refractivity contribution is 7.92. The number of nitrogens with one attached hydrogen (secondary N) is 1. The summed E-state index contributed by atoms with van der Waals surface area (Å²) in [6, 6.07) is 22.8. The summed E-state index contributed by atoms with van der Waals surface area (Å²) >= 11 is 0. The Hall–Kier alpha value is -3.91. The molecule has 0 aliphatic rings. The van der Waals surface area contributed by atoms with E-state index in [4.69, 9.17) is 4.74 Å². The van der Waals surface area contributed by atoms with Gasteiger partial charge in [0.25, 0.3) is 10.0 Å². The Balaban J connectivity index is 1.74. The maximum atomic E-state index is 12.8.